The number of nitrogens with zero attached hydrogens (tertiary/aromatic N) is 3. The van der Waals surface area contributed by atoms with Crippen molar-refractivity contribution in [3.05, 3.63) is 64.7 Å². The van der Waals surface area contributed by atoms with Gasteiger partial charge in [0, 0.05) is 43.7 Å². The van der Waals surface area contributed by atoms with Gasteiger partial charge in [-0.2, -0.15) is 0 Å². The van der Waals surface area contributed by atoms with Gasteiger partial charge in [-0.05, 0) is 49.1 Å². The summed E-state index contributed by atoms with van der Waals surface area (Å²) in [6.45, 7) is 1.79. The second-order valence-electron chi connectivity index (χ2n) is 8.73. The first-order chi connectivity index (χ1) is 16.5. The highest BCUT2D eigenvalue weighted by atomic mass is 32.1. The number of benzene rings is 1. The molecule has 8 heteroatoms. The molecule has 2 aromatic heterocycles. The number of anilines is 2. The number of carbonyl (C=O) groups is 2. The number of nitrogens with one attached hydrogen (secondary N) is 1. The molecule has 0 unspecified atom stereocenters. The summed E-state index contributed by atoms with van der Waals surface area (Å²) in [4.78, 5) is 36.5. The lowest BCUT2D eigenvalue weighted by Crippen LogP contribution is -2.33. The predicted molar refractivity (Wildman–Crippen MR) is 135 cm³/mol. The molecule has 0 atom stereocenters. The van der Waals surface area contributed by atoms with Crippen LogP contribution in [0.2, 0.25) is 0 Å². The Hall–Kier alpha value is -3.23. The van der Waals surface area contributed by atoms with Crippen LogP contribution in [0.25, 0.3) is 10.4 Å². The second-order valence-corrected chi connectivity index (χ2v) is 9.78. The highest BCUT2D eigenvalue weighted by molar-refractivity contribution is 7.17. The molecular formula is C26H28N4O3S. The van der Waals surface area contributed by atoms with E-state index >= 15 is 0 Å². The van der Waals surface area contributed by atoms with E-state index < -0.39 is 0 Å². The van der Waals surface area contributed by atoms with Crippen molar-refractivity contribution in [3.8, 4) is 10.4 Å². The largest absolute Gasteiger partial charge is 0.383 e. The SMILES string of the molecule is COCCN(C)c1cccc(C(=O)N2CCc3cc(C(=O)NC4CC4)sc3-c3ccccc32)n1. The third kappa shape index (κ3) is 4.56. The second kappa shape index (κ2) is 9.56. The van der Waals surface area contributed by atoms with E-state index in [1.807, 2.05) is 59.3 Å². The third-order valence-corrected chi connectivity index (χ3v) is 7.42. The quantitative estimate of drug-likeness (QED) is 0.558. The number of likely N-dealkylation sites (N-methyl/N-ethyl adjacent to an activating group) is 1. The maximum atomic E-state index is 13.6. The van der Waals surface area contributed by atoms with Crippen molar-refractivity contribution in [1.29, 1.82) is 0 Å². The number of hydrogen-bond donors (Lipinski definition) is 1. The van der Waals surface area contributed by atoms with Gasteiger partial charge in [0.1, 0.15) is 11.5 Å². The number of aromatic nitrogens is 1. The summed E-state index contributed by atoms with van der Waals surface area (Å²) in [6, 6.07) is 15.8. The zero-order chi connectivity index (χ0) is 23.7. The topological polar surface area (TPSA) is 74.8 Å². The fourth-order valence-electron chi connectivity index (χ4n) is 4.14. The number of amides is 2. The summed E-state index contributed by atoms with van der Waals surface area (Å²) < 4.78 is 5.16. The molecule has 1 N–H and O–H groups in total. The van der Waals surface area contributed by atoms with Crippen LogP contribution in [0, 0.1) is 0 Å². The molecule has 1 fully saturated rings. The van der Waals surface area contributed by atoms with Crippen molar-refractivity contribution < 1.29 is 14.3 Å². The highest BCUT2D eigenvalue weighted by Crippen LogP contribution is 2.42. The molecule has 7 nitrogen and oxygen atoms in total. The smallest absolute Gasteiger partial charge is 0.276 e. The summed E-state index contributed by atoms with van der Waals surface area (Å²) >= 11 is 1.51. The van der Waals surface area contributed by atoms with Gasteiger partial charge in [0.25, 0.3) is 11.8 Å². The van der Waals surface area contributed by atoms with Crippen molar-refractivity contribution in [2.75, 3.05) is 43.7 Å². The van der Waals surface area contributed by atoms with Crippen LogP contribution in [0.4, 0.5) is 11.5 Å². The first kappa shape index (κ1) is 22.6. The number of ether oxygens (including phenoxy) is 1. The maximum Gasteiger partial charge on any atom is 0.276 e. The van der Waals surface area contributed by atoms with Crippen LogP contribution >= 0.6 is 11.3 Å². The monoisotopic (exact) mass is 476 g/mol. The fourth-order valence-corrected chi connectivity index (χ4v) is 5.29. The Kier molecular flexibility index (Phi) is 6.34. The summed E-state index contributed by atoms with van der Waals surface area (Å²) in [5.74, 6) is 0.609. The van der Waals surface area contributed by atoms with Gasteiger partial charge >= 0.3 is 0 Å². The van der Waals surface area contributed by atoms with Crippen LogP contribution in [0.5, 0.6) is 0 Å². The molecule has 0 bridgehead atoms. The van der Waals surface area contributed by atoms with Gasteiger partial charge in [-0.1, -0.05) is 24.3 Å². The lowest BCUT2D eigenvalue weighted by atomic mass is 10.1. The van der Waals surface area contributed by atoms with Crippen molar-refractivity contribution in [2.24, 2.45) is 0 Å². The normalized spacial score (nSPS) is 14.7. The number of fused-ring (bicyclic) bond motifs is 3. The molecule has 34 heavy (non-hydrogen) atoms. The van der Waals surface area contributed by atoms with Gasteiger partial charge in [0.15, 0.2) is 0 Å². The van der Waals surface area contributed by atoms with Gasteiger partial charge in [0.05, 0.1) is 17.2 Å². The Balaban J connectivity index is 1.44. The molecule has 3 aromatic rings. The number of thiophene rings is 1. The molecule has 0 radical (unpaired) electrons. The molecule has 1 aliphatic carbocycles. The number of pyridine rings is 1. The van der Waals surface area contributed by atoms with E-state index in [9.17, 15) is 9.59 Å². The van der Waals surface area contributed by atoms with Crippen molar-refractivity contribution >= 4 is 34.7 Å². The molecule has 1 aliphatic heterocycles. The summed E-state index contributed by atoms with van der Waals surface area (Å²) in [7, 11) is 3.60. The molecule has 1 saturated carbocycles. The maximum absolute atomic E-state index is 13.6. The minimum absolute atomic E-state index is 0.00425. The number of methoxy groups -OCH3 is 1. The van der Waals surface area contributed by atoms with Crippen LogP contribution < -0.4 is 15.1 Å². The Morgan fingerprint density at radius 3 is 2.82 bits per heavy atom. The van der Waals surface area contributed by atoms with Crippen molar-refractivity contribution in [3.63, 3.8) is 0 Å². The molecule has 2 amide bonds. The predicted octanol–water partition coefficient (Wildman–Crippen LogP) is 3.99. The van der Waals surface area contributed by atoms with Gasteiger partial charge in [-0.25, -0.2) is 4.98 Å². The van der Waals surface area contributed by atoms with Crippen LogP contribution in [0.1, 0.15) is 38.6 Å². The summed E-state index contributed by atoms with van der Waals surface area (Å²) in [6.07, 6.45) is 2.80. The van der Waals surface area contributed by atoms with E-state index in [1.54, 1.807) is 13.2 Å². The lowest BCUT2D eigenvalue weighted by Gasteiger charge is -2.24. The van der Waals surface area contributed by atoms with Gasteiger partial charge < -0.3 is 19.9 Å². The number of carbonyl (C=O) groups excluding carboxylic acids is 2. The van der Waals surface area contributed by atoms with Crippen LogP contribution in [0.15, 0.2) is 48.5 Å². The van der Waals surface area contributed by atoms with Gasteiger partial charge in [-0.3, -0.25) is 9.59 Å². The van der Waals surface area contributed by atoms with Gasteiger partial charge in [-0.15, -0.1) is 11.3 Å². The molecular weight excluding hydrogens is 448 g/mol. The van der Waals surface area contributed by atoms with Crippen LogP contribution in [-0.2, 0) is 11.2 Å². The standard InChI is InChI=1S/C26H28N4O3S/c1-29(14-15-33-2)23-9-5-7-20(28-23)26(32)30-13-12-17-16-22(25(31)27-18-10-11-18)34-24(17)19-6-3-4-8-21(19)30/h3-9,16,18H,10-15H2,1-2H3,(H,27,31). The lowest BCUT2D eigenvalue weighted by molar-refractivity contribution is 0.0952. The Bertz CT molecular complexity index is 1220. The molecule has 1 aromatic carbocycles. The fraction of sp³-hybridized carbons (Fsp3) is 0.346. The molecule has 0 saturated heterocycles. The van der Waals surface area contributed by atoms with E-state index in [4.69, 9.17) is 4.74 Å². The van der Waals surface area contributed by atoms with Gasteiger partial charge in [0.2, 0.25) is 0 Å². The Morgan fingerprint density at radius 2 is 2.03 bits per heavy atom. The van der Waals surface area contributed by atoms with E-state index in [2.05, 4.69) is 10.3 Å². The number of para-hydroxylation sites is 1. The number of rotatable bonds is 7. The minimum atomic E-state index is -0.128. The average molecular weight is 477 g/mol. The molecule has 0 spiro atoms. The average Bonchev–Trinajstić information content (AvgIpc) is 3.61. The van der Waals surface area contributed by atoms with E-state index in [1.165, 1.54) is 11.3 Å². The Morgan fingerprint density at radius 1 is 1.21 bits per heavy atom. The van der Waals surface area contributed by atoms with Crippen LogP contribution in [-0.4, -0.2) is 56.7 Å². The Labute approximate surface area is 203 Å². The first-order valence-corrected chi connectivity index (χ1v) is 12.4. The van der Waals surface area contributed by atoms with Crippen molar-refractivity contribution in [1.82, 2.24) is 10.3 Å². The number of hydrogen-bond acceptors (Lipinski definition) is 6. The molecule has 176 valence electrons. The van der Waals surface area contributed by atoms with Crippen LogP contribution in [0.3, 0.4) is 0 Å². The molecule has 5 rings (SSSR count). The van der Waals surface area contributed by atoms with Crippen molar-refractivity contribution in [2.45, 2.75) is 25.3 Å². The molecule has 2 aliphatic rings. The first-order valence-electron chi connectivity index (χ1n) is 11.6. The zero-order valence-corrected chi connectivity index (χ0v) is 20.2. The van der Waals surface area contributed by atoms with E-state index in [0.717, 1.165) is 45.2 Å². The summed E-state index contributed by atoms with van der Waals surface area (Å²) in [5.41, 5.74) is 3.34. The highest BCUT2D eigenvalue weighted by Gasteiger charge is 2.29. The summed E-state index contributed by atoms with van der Waals surface area (Å²) in [5, 5.41) is 3.08. The minimum Gasteiger partial charge on any atom is -0.383 e. The van der Waals surface area contributed by atoms with E-state index in [0.29, 0.717) is 37.9 Å². The van der Waals surface area contributed by atoms with E-state index in [-0.39, 0.29) is 11.8 Å². The molecule has 3 heterocycles. The zero-order valence-electron chi connectivity index (χ0n) is 19.4. The third-order valence-electron chi connectivity index (χ3n) is 6.21.